The fraction of sp³-hybridized carbons (Fsp3) is 0. The molecule has 7 heteroatoms. The molecule has 0 aliphatic carbocycles. The lowest BCUT2D eigenvalue weighted by molar-refractivity contribution is 0.0734. The second kappa shape index (κ2) is 6.88. The molecule has 2 heterocycles. The third-order valence-electron chi connectivity index (χ3n) is 4.22. The molecule has 7 nitrogen and oxygen atoms in total. The van der Waals surface area contributed by atoms with Crippen LogP contribution in [0.15, 0.2) is 71.8 Å². The minimum atomic E-state index is -0.527. The Kier molecular flexibility index (Phi) is 4.25. The number of pyridine rings is 2. The number of phenolic OH excluding ortho intramolecular Hbond substituents is 2. The number of rotatable bonds is 3. The van der Waals surface area contributed by atoms with E-state index in [9.17, 15) is 19.8 Å². The molecule has 0 aliphatic rings. The van der Waals surface area contributed by atoms with E-state index in [1.54, 1.807) is 42.6 Å². The van der Waals surface area contributed by atoms with E-state index in [1.165, 1.54) is 24.4 Å². The Morgan fingerprint density at radius 1 is 1.00 bits per heavy atom. The van der Waals surface area contributed by atoms with Crippen LogP contribution in [0.25, 0.3) is 22.2 Å². The van der Waals surface area contributed by atoms with Crippen LogP contribution in [0.2, 0.25) is 0 Å². The summed E-state index contributed by atoms with van der Waals surface area (Å²) in [6.07, 6.45) is 2.98. The van der Waals surface area contributed by atoms with Gasteiger partial charge in [0.05, 0.1) is 16.5 Å². The molecule has 0 aliphatic heterocycles. The van der Waals surface area contributed by atoms with Crippen LogP contribution in [-0.2, 0) is 0 Å². The lowest BCUT2D eigenvalue weighted by Crippen LogP contribution is -2.08. The number of esters is 1. The standard InChI is InChI=1S/C21H14N2O5/c24-16-7-8-17(25)20-19(16)18(26)10-15(23-20)12-3-5-14(6-4-12)28-21(27)13-2-1-9-22-11-13/h1-11,24-25H,(H,23,26). The van der Waals surface area contributed by atoms with Crippen LogP contribution in [0.4, 0.5) is 0 Å². The van der Waals surface area contributed by atoms with Crippen LogP contribution >= 0.6 is 0 Å². The Hall–Kier alpha value is -4.13. The van der Waals surface area contributed by atoms with E-state index < -0.39 is 11.4 Å². The number of H-pyrrole nitrogens is 1. The highest BCUT2D eigenvalue weighted by Crippen LogP contribution is 2.30. The van der Waals surface area contributed by atoms with Crippen molar-refractivity contribution in [3.05, 3.63) is 82.8 Å². The molecule has 2 aromatic carbocycles. The Morgan fingerprint density at radius 2 is 1.75 bits per heavy atom. The zero-order valence-electron chi connectivity index (χ0n) is 14.4. The van der Waals surface area contributed by atoms with E-state index in [4.69, 9.17) is 4.74 Å². The average Bonchev–Trinajstić information content (AvgIpc) is 2.71. The number of benzene rings is 2. The average molecular weight is 374 g/mol. The van der Waals surface area contributed by atoms with E-state index in [0.29, 0.717) is 22.6 Å². The van der Waals surface area contributed by atoms with E-state index >= 15 is 0 Å². The SMILES string of the molecule is O=C(Oc1ccc(-c2cc(=O)c3c(O)ccc(O)c3[nH]2)cc1)c1cccnc1. The molecule has 4 aromatic rings. The van der Waals surface area contributed by atoms with Crippen molar-refractivity contribution in [2.24, 2.45) is 0 Å². The van der Waals surface area contributed by atoms with Gasteiger partial charge in [0.1, 0.15) is 17.2 Å². The van der Waals surface area contributed by atoms with Crippen LogP contribution in [-0.4, -0.2) is 26.2 Å². The number of ether oxygens (including phenoxy) is 1. The molecule has 3 N–H and O–H groups in total. The van der Waals surface area contributed by atoms with Gasteiger partial charge in [0.15, 0.2) is 5.43 Å². The van der Waals surface area contributed by atoms with Crippen LogP contribution in [0.3, 0.4) is 0 Å². The van der Waals surface area contributed by atoms with Crippen LogP contribution in [0.5, 0.6) is 17.2 Å². The quantitative estimate of drug-likeness (QED) is 0.288. The minimum Gasteiger partial charge on any atom is -0.507 e. The molecule has 0 fully saturated rings. The highest BCUT2D eigenvalue weighted by Gasteiger charge is 2.12. The van der Waals surface area contributed by atoms with Crippen molar-refractivity contribution in [3.63, 3.8) is 0 Å². The van der Waals surface area contributed by atoms with Crippen molar-refractivity contribution in [2.75, 3.05) is 0 Å². The van der Waals surface area contributed by atoms with Crippen molar-refractivity contribution < 1.29 is 19.7 Å². The van der Waals surface area contributed by atoms with Crippen molar-refractivity contribution in [1.82, 2.24) is 9.97 Å². The van der Waals surface area contributed by atoms with Gasteiger partial charge in [-0.05, 0) is 54.1 Å². The summed E-state index contributed by atoms with van der Waals surface area (Å²) >= 11 is 0. The first-order valence-electron chi connectivity index (χ1n) is 8.33. The van der Waals surface area contributed by atoms with Gasteiger partial charge < -0.3 is 19.9 Å². The summed E-state index contributed by atoms with van der Waals surface area (Å²) in [7, 11) is 0. The molecule has 28 heavy (non-hydrogen) atoms. The van der Waals surface area contributed by atoms with Crippen molar-refractivity contribution in [3.8, 4) is 28.5 Å². The number of hydrogen-bond donors (Lipinski definition) is 3. The lowest BCUT2D eigenvalue weighted by Gasteiger charge is -2.08. The van der Waals surface area contributed by atoms with E-state index in [1.807, 2.05) is 0 Å². The number of hydrogen-bond acceptors (Lipinski definition) is 6. The molecular formula is C21H14N2O5. The molecule has 0 amide bonds. The van der Waals surface area contributed by atoms with Gasteiger partial charge in [0, 0.05) is 24.2 Å². The van der Waals surface area contributed by atoms with Crippen molar-refractivity contribution in [2.45, 2.75) is 0 Å². The van der Waals surface area contributed by atoms with Gasteiger partial charge in [-0.1, -0.05) is 0 Å². The Labute approximate surface area is 158 Å². The van der Waals surface area contributed by atoms with Gasteiger partial charge in [-0.2, -0.15) is 0 Å². The van der Waals surface area contributed by atoms with E-state index in [0.717, 1.165) is 0 Å². The summed E-state index contributed by atoms with van der Waals surface area (Å²) in [6, 6.07) is 13.7. The Balaban J connectivity index is 1.65. The lowest BCUT2D eigenvalue weighted by atomic mass is 10.1. The van der Waals surface area contributed by atoms with Gasteiger partial charge in [-0.15, -0.1) is 0 Å². The van der Waals surface area contributed by atoms with Crippen molar-refractivity contribution >= 4 is 16.9 Å². The van der Waals surface area contributed by atoms with Crippen LogP contribution in [0.1, 0.15) is 10.4 Å². The maximum absolute atomic E-state index is 12.3. The number of phenols is 2. The van der Waals surface area contributed by atoms with Gasteiger partial charge in [-0.3, -0.25) is 9.78 Å². The predicted molar refractivity (Wildman–Crippen MR) is 103 cm³/mol. The maximum atomic E-state index is 12.3. The first-order valence-corrected chi connectivity index (χ1v) is 8.33. The smallest absolute Gasteiger partial charge is 0.345 e. The first kappa shape index (κ1) is 17.3. The molecular weight excluding hydrogens is 360 g/mol. The number of fused-ring (bicyclic) bond motifs is 1. The molecule has 0 unspecified atom stereocenters. The van der Waals surface area contributed by atoms with Gasteiger partial charge in [-0.25, -0.2) is 4.79 Å². The number of aromatic amines is 1. The molecule has 0 spiro atoms. The Bertz CT molecular complexity index is 1230. The normalized spacial score (nSPS) is 10.7. The zero-order chi connectivity index (χ0) is 19.7. The van der Waals surface area contributed by atoms with E-state index in [2.05, 4.69) is 9.97 Å². The topological polar surface area (TPSA) is 113 Å². The van der Waals surface area contributed by atoms with Gasteiger partial charge in [0.2, 0.25) is 0 Å². The Morgan fingerprint density at radius 3 is 2.46 bits per heavy atom. The fourth-order valence-corrected chi connectivity index (χ4v) is 2.84. The molecule has 0 saturated carbocycles. The maximum Gasteiger partial charge on any atom is 0.345 e. The largest absolute Gasteiger partial charge is 0.507 e. The summed E-state index contributed by atoms with van der Waals surface area (Å²) < 4.78 is 5.30. The third kappa shape index (κ3) is 3.16. The zero-order valence-corrected chi connectivity index (χ0v) is 14.4. The highest BCUT2D eigenvalue weighted by molar-refractivity contribution is 5.91. The molecule has 0 saturated heterocycles. The highest BCUT2D eigenvalue weighted by atomic mass is 16.5. The van der Waals surface area contributed by atoms with Crippen molar-refractivity contribution in [1.29, 1.82) is 0 Å². The number of nitrogens with one attached hydrogen (secondary N) is 1. The summed E-state index contributed by atoms with van der Waals surface area (Å²) in [5, 5.41) is 19.9. The molecule has 138 valence electrons. The molecule has 2 aromatic heterocycles. The second-order valence-electron chi connectivity index (χ2n) is 6.06. The number of aromatic hydroxyl groups is 2. The second-order valence-corrected chi connectivity index (χ2v) is 6.06. The number of nitrogens with zero attached hydrogens (tertiary/aromatic N) is 1. The third-order valence-corrected chi connectivity index (χ3v) is 4.22. The number of aromatic nitrogens is 2. The summed E-state index contributed by atoms with van der Waals surface area (Å²) in [4.78, 5) is 31.2. The first-order chi connectivity index (χ1) is 13.5. The van der Waals surface area contributed by atoms with E-state index in [-0.39, 0.29) is 22.4 Å². The van der Waals surface area contributed by atoms with Gasteiger partial charge >= 0.3 is 5.97 Å². The predicted octanol–water partition coefficient (Wildman–Crippen LogP) is 3.22. The fourth-order valence-electron chi connectivity index (χ4n) is 2.84. The summed E-state index contributed by atoms with van der Waals surface area (Å²) in [6.45, 7) is 0. The minimum absolute atomic E-state index is 0.0192. The summed E-state index contributed by atoms with van der Waals surface area (Å²) in [5.74, 6) is -0.548. The van der Waals surface area contributed by atoms with Crippen LogP contribution < -0.4 is 10.2 Å². The number of carbonyl (C=O) groups is 1. The van der Waals surface area contributed by atoms with Gasteiger partial charge in [0.25, 0.3) is 0 Å². The molecule has 0 bridgehead atoms. The monoisotopic (exact) mass is 374 g/mol. The molecule has 4 rings (SSSR count). The number of carbonyl (C=O) groups excluding carboxylic acids is 1. The van der Waals surface area contributed by atoms with Crippen LogP contribution in [0, 0.1) is 0 Å². The summed E-state index contributed by atoms with van der Waals surface area (Å²) in [5.41, 5.74) is 1.14. The molecule has 0 atom stereocenters. The molecule has 0 radical (unpaired) electrons.